The summed E-state index contributed by atoms with van der Waals surface area (Å²) in [6, 6.07) is 0.329. The van der Waals surface area contributed by atoms with Crippen LogP contribution in [0, 0.1) is 5.92 Å². The Morgan fingerprint density at radius 2 is 2.00 bits per heavy atom. The molecule has 2 heterocycles. The lowest BCUT2D eigenvalue weighted by atomic mass is 10.1. The predicted molar refractivity (Wildman–Crippen MR) is 55.7 cm³/mol. The smallest absolute Gasteiger partial charge is 0.321 e. The first-order valence-electron chi connectivity index (χ1n) is 5.96. The topological polar surface area (TPSA) is 43.8 Å². The maximum absolute atomic E-state index is 11.3. The first kappa shape index (κ1) is 9.60. The van der Waals surface area contributed by atoms with Gasteiger partial charge < -0.3 is 10.0 Å². The van der Waals surface area contributed by atoms with Gasteiger partial charge in [0, 0.05) is 25.7 Å². The maximum atomic E-state index is 11.3. The van der Waals surface area contributed by atoms with Gasteiger partial charge in [-0.25, -0.2) is 0 Å². The van der Waals surface area contributed by atoms with Crippen molar-refractivity contribution >= 4 is 5.97 Å². The number of hydrogen-bond acceptors (Lipinski definition) is 3. The molecule has 3 atom stereocenters. The fraction of sp³-hybridized carbons (Fsp3) is 0.909. The average molecular weight is 210 g/mol. The molecule has 0 amide bonds. The minimum atomic E-state index is -0.599. The standard InChI is InChI=1S/C11H18N2O2/c14-11(15)10(8-1-2-8)13-6-5-12-4-3-9(13)7-12/h8-10H,1-7H2,(H,14,15). The normalized spacial score (nSPS) is 37.9. The van der Waals surface area contributed by atoms with E-state index in [4.69, 9.17) is 0 Å². The van der Waals surface area contributed by atoms with Crippen LogP contribution in [0.25, 0.3) is 0 Å². The van der Waals surface area contributed by atoms with E-state index in [1.807, 2.05) is 0 Å². The molecular formula is C11H18N2O2. The zero-order chi connectivity index (χ0) is 10.4. The Bertz CT molecular complexity index is 278. The molecule has 0 aromatic rings. The van der Waals surface area contributed by atoms with Crippen molar-refractivity contribution < 1.29 is 9.90 Å². The van der Waals surface area contributed by atoms with Crippen molar-refractivity contribution in [1.29, 1.82) is 0 Å². The van der Waals surface area contributed by atoms with E-state index in [9.17, 15) is 9.90 Å². The number of carboxylic acids is 1. The molecule has 3 unspecified atom stereocenters. The van der Waals surface area contributed by atoms with Crippen molar-refractivity contribution in [3.8, 4) is 0 Å². The summed E-state index contributed by atoms with van der Waals surface area (Å²) in [5.74, 6) is -0.160. The molecule has 2 saturated heterocycles. The Labute approximate surface area is 89.8 Å². The van der Waals surface area contributed by atoms with Gasteiger partial charge in [0.25, 0.3) is 0 Å². The summed E-state index contributed by atoms with van der Waals surface area (Å²) < 4.78 is 0. The van der Waals surface area contributed by atoms with E-state index >= 15 is 0 Å². The average Bonchev–Trinajstić information content (AvgIpc) is 2.95. The van der Waals surface area contributed by atoms with Gasteiger partial charge in [0.05, 0.1) is 0 Å². The Hall–Kier alpha value is -0.610. The van der Waals surface area contributed by atoms with Crippen LogP contribution >= 0.6 is 0 Å². The molecule has 15 heavy (non-hydrogen) atoms. The highest BCUT2D eigenvalue weighted by atomic mass is 16.4. The van der Waals surface area contributed by atoms with Crippen molar-refractivity contribution in [3.63, 3.8) is 0 Å². The van der Waals surface area contributed by atoms with Gasteiger partial charge in [-0.2, -0.15) is 0 Å². The monoisotopic (exact) mass is 210 g/mol. The van der Waals surface area contributed by atoms with Crippen molar-refractivity contribution in [2.45, 2.75) is 31.3 Å². The van der Waals surface area contributed by atoms with Crippen LogP contribution in [0.4, 0.5) is 0 Å². The number of rotatable bonds is 3. The third-order valence-corrected chi connectivity index (χ3v) is 4.07. The van der Waals surface area contributed by atoms with Crippen LogP contribution in [0.1, 0.15) is 19.3 Å². The number of fused-ring (bicyclic) bond motifs is 2. The van der Waals surface area contributed by atoms with Gasteiger partial charge in [-0.15, -0.1) is 0 Å². The molecule has 3 rings (SSSR count). The summed E-state index contributed by atoms with van der Waals surface area (Å²) in [6.45, 7) is 4.28. The van der Waals surface area contributed by atoms with Crippen LogP contribution in [-0.4, -0.2) is 59.1 Å². The van der Waals surface area contributed by atoms with Gasteiger partial charge in [0.1, 0.15) is 6.04 Å². The molecule has 84 valence electrons. The summed E-state index contributed by atoms with van der Waals surface area (Å²) in [6.07, 6.45) is 3.39. The lowest BCUT2D eigenvalue weighted by Gasteiger charge is -2.38. The lowest BCUT2D eigenvalue weighted by Crippen LogP contribution is -2.54. The predicted octanol–water partition coefficient (Wildman–Crippen LogP) is 0.240. The Balaban J connectivity index is 1.76. The summed E-state index contributed by atoms with van der Waals surface area (Å²) in [5, 5.41) is 9.31. The number of piperazine rings is 1. The molecule has 1 N–H and O–H groups in total. The Morgan fingerprint density at radius 3 is 2.67 bits per heavy atom. The van der Waals surface area contributed by atoms with Crippen LogP contribution in [-0.2, 0) is 4.79 Å². The number of nitrogens with zero attached hydrogens (tertiary/aromatic N) is 2. The second-order valence-electron chi connectivity index (χ2n) is 5.10. The van der Waals surface area contributed by atoms with Crippen molar-refractivity contribution in [3.05, 3.63) is 0 Å². The third-order valence-electron chi connectivity index (χ3n) is 4.07. The summed E-state index contributed by atoms with van der Waals surface area (Å²) in [4.78, 5) is 16.0. The molecule has 2 aliphatic heterocycles. The van der Waals surface area contributed by atoms with Gasteiger partial charge >= 0.3 is 5.97 Å². The quantitative estimate of drug-likeness (QED) is 0.724. The van der Waals surface area contributed by atoms with Crippen LogP contribution in [0.15, 0.2) is 0 Å². The SMILES string of the molecule is O=C(O)C(C1CC1)N1CCN2CCC1C2. The van der Waals surface area contributed by atoms with E-state index in [0.717, 1.165) is 45.4 Å². The summed E-state index contributed by atoms with van der Waals surface area (Å²) in [5.41, 5.74) is 0. The van der Waals surface area contributed by atoms with Crippen LogP contribution in [0.2, 0.25) is 0 Å². The van der Waals surface area contributed by atoms with Crippen LogP contribution < -0.4 is 0 Å². The second-order valence-corrected chi connectivity index (χ2v) is 5.10. The minimum absolute atomic E-state index is 0.185. The van der Waals surface area contributed by atoms with E-state index in [1.54, 1.807) is 0 Å². The molecule has 4 heteroatoms. The zero-order valence-corrected chi connectivity index (χ0v) is 8.93. The first-order chi connectivity index (χ1) is 7.25. The maximum Gasteiger partial charge on any atom is 0.321 e. The Morgan fingerprint density at radius 1 is 1.20 bits per heavy atom. The highest BCUT2D eigenvalue weighted by Crippen LogP contribution is 2.38. The van der Waals surface area contributed by atoms with Crippen LogP contribution in [0.3, 0.4) is 0 Å². The van der Waals surface area contributed by atoms with E-state index in [-0.39, 0.29) is 6.04 Å². The molecule has 0 aromatic carbocycles. The van der Waals surface area contributed by atoms with Gasteiger partial charge in [-0.1, -0.05) is 0 Å². The zero-order valence-electron chi connectivity index (χ0n) is 8.93. The van der Waals surface area contributed by atoms with Gasteiger partial charge in [-0.05, 0) is 31.7 Å². The third kappa shape index (κ3) is 1.66. The molecule has 3 fully saturated rings. The molecule has 3 aliphatic rings. The highest BCUT2D eigenvalue weighted by Gasteiger charge is 2.45. The Kier molecular flexibility index (Phi) is 2.21. The highest BCUT2D eigenvalue weighted by molar-refractivity contribution is 5.74. The van der Waals surface area contributed by atoms with Gasteiger partial charge in [-0.3, -0.25) is 9.69 Å². The fourth-order valence-electron chi connectivity index (χ4n) is 3.12. The molecule has 1 saturated carbocycles. The van der Waals surface area contributed by atoms with Gasteiger partial charge in [0.15, 0.2) is 0 Å². The molecule has 0 aromatic heterocycles. The first-order valence-corrected chi connectivity index (χ1v) is 5.96. The van der Waals surface area contributed by atoms with Crippen LogP contribution in [0.5, 0.6) is 0 Å². The summed E-state index contributed by atoms with van der Waals surface area (Å²) >= 11 is 0. The number of carboxylic acid groups (broad SMARTS) is 1. The largest absolute Gasteiger partial charge is 0.480 e. The van der Waals surface area contributed by atoms with E-state index in [2.05, 4.69) is 9.80 Å². The van der Waals surface area contributed by atoms with Gasteiger partial charge in [0.2, 0.25) is 0 Å². The molecule has 1 aliphatic carbocycles. The van der Waals surface area contributed by atoms with E-state index in [0.29, 0.717) is 12.0 Å². The van der Waals surface area contributed by atoms with Crippen molar-refractivity contribution in [2.24, 2.45) is 5.92 Å². The van der Waals surface area contributed by atoms with Crippen molar-refractivity contribution in [2.75, 3.05) is 26.2 Å². The van der Waals surface area contributed by atoms with Crippen molar-refractivity contribution in [1.82, 2.24) is 9.80 Å². The second kappa shape index (κ2) is 3.46. The molecule has 0 radical (unpaired) electrons. The number of carbonyl (C=O) groups is 1. The summed E-state index contributed by atoms with van der Waals surface area (Å²) in [7, 11) is 0. The molecule has 0 spiro atoms. The van der Waals surface area contributed by atoms with E-state index < -0.39 is 5.97 Å². The number of aliphatic carboxylic acids is 1. The molecule has 2 bridgehead atoms. The van der Waals surface area contributed by atoms with E-state index in [1.165, 1.54) is 0 Å². The molecule has 4 nitrogen and oxygen atoms in total. The minimum Gasteiger partial charge on any atom is -0.480 e. The lowest BCUT2D eigenvalue weighted by molar-refractivity contribution is -0.145. The molecular weight excluding hydrogens is 192 g/mol. The number of hydrogen-bond donors (Lipinski definition) is 1. The fourth-order valence-corrected chi connectivity index (χ4v) is 3.12.